The number of rotatable bonds is 5. The summed E-state index contributed by atoms with van der Waals surface area (Å²) in [5.74, 6) is 0.922. The standard InChI is InChI=1S/C19H24N2OS/c1-13-6-8-18(22-4)16(11-13)9-10-20-19(23)21-17-12-14(2)5-7-15(17)3/h5-8,11-12H,9-10H2,1-4H3,(H2,20,21,23). The Balaban J connectivity index is 1.90. The van der Waals surface area contributed by atoms with E-state index in [1.165, 1.54) is 22.3 Å². The van der Waals surface area contributed by atoms with E-state index in [-0.39, 0.29) is 0 Å². The summed E-state index contributed by atoms with van der Waals surface area (Å²) in [6.45, 7) is 6.99. The van der Waals surface area contributed by atoms with Crippen molar-refractivity contribution in [3.05, 3.63) is 58.7 Å². The lowest BCUT2D eigenvalue weighted by molar-refractivity contribution is 0.409. The highest BCUT2D eigenvalue weighted by Gasteiger charge is 2.05. The van der Waals surface area contributed by atoms with E-state index in [0.29, 0.717) is 5.11 Å². The maximum atomic E-state index is 5.41. The third kappa shape index (κ3) is 4.96. The molecule has 0 fully saturated rings. The van der Waals surface area contributed by atoms with Gasteiger partial charge in [-0.15, -0.1) is 0 Å². The molecule has 0 aliphatic heterocycles. The van der Waals surface area contributed by atoms with Gasteiger partial charge < -0.3 is 15.4 Å². The second kappa shape index (κ2) is 7.97. The van der Waals surface area contributed by atoms with Gasteiger partial charge >= 0.3 is 0 Å². The van der Waals surface area contributed by atoms with Gasteiger partial charge in [-0.2, -0.15) is 0 Å². The van der Waals surface area contributed by atoms with Gasteiger partial charge in [-0.3, -0.25) is 0 Å². The first-order valence-corrected chi connectivity index (χ1v) is 8.16. The fourth-order valence-electron chi connectivity index (χ4n) is 2.45. The van der Waals surface area contributed by atoms with Crippen LogP contribution >= 0.6 is 12.2 Å². The van der Waals surface area contributed by atoms with Crippen molar-refractivity contribution in [3.63, 3.8) is 0 Å². The van der Waals surface area contributed by atoms with Crippen LogP contribution in [0.4, 0.5) is 5.69 Å². The van der Waals surface area contributed by atoms with E-state index in [1.54, 1.807) is 7.11 Å². The number of ether oxygens (including phenoxy) is 1. The van der Waals surface area contributed by atoms with Crippen molar-refractivity contribution in [1.82, 2.24) is 5.32 Å². The van der Waals surface area contributed by atoms with Crippen LogP contribution in [0.15, 0.2) is 36.4 Å². The molecule has 0 aromatic heterocycles. The summed E-state index contributed by atoms with van der Waals surface area (Å²) >= 11 is 5.39. The number of hydrogen-bond acceptors (Lipinski definition) is 2. The predicted molar refractivity (Wildman–Crippen MR) is 102 cm³/mol. The van der Waals surface area contributed by atoms with Crippen molar-refractivity contribution in [3.8, 4) is 5.75 Å². The van der Waals surface area contributed by atoms with Gasteiger partial charge in [0.25, 0.3) is 0 Å². The normalized spacial score (nSPS) is 10.3. The lowest BCUT2D eigenvalue weighted by atomic mass is 10.1. The highest BCUT2D eigenvalue weighted by atomic mass is 32.1. The van der Waals surface area contributed by atoms with Gasteiger partial charge in [-0.1, -0.05) is 29.8 Å². The number of methoxy groups -OCH3 is 1. The molecule has 0 spiro atoms. The monoisotopic (exact) mass is 328 g/mol. The van der Waals surface area contributed by atoms with E-state index in [9.17, 15) is 0 Å². The Morgan fingerprint density at radius 1 is 1.04 bits per heavy atom. The minimum Gasteiger partial charge on any atom is -0.496 e. The zero-order valence-corrected chi connectivity index (χ0v) is 15.0. The van der Waals surface area contributed by atoms with E-state index < -0.39 is 0 Å². The first-order chi connectivity index (χ1) is 11.0. The van der Waals surface area contributed by atoms with Crippen LogP contribution in [0.25, 0.3) is 0 Å². The molecule has 0 atom stereocenters. The molecular formula is C19H24N2OS. The summed E-state index contributed by atoms with van der Waals surface area (Å²) in [5.41, 5.74) is 5.87. The quantitative estimate of drug-likeness (QED) is 0.808. The largest absolute Gasteiger partial charge is 0.496 e. The second-order valence-corrected chi connectivity index (χ2v) is 6.17. The van der Waals surface area contributed by atoms with Crippen LogP contribution in [-0.4, -0.2) is 18.8 Å². The zero-order valence-electron chi connectivity index (χ0n) is 14.2. The Labute approximate surface area is 144 Å². The summed E-state index contributed by atoms with van der Waals surface area (Å²) in [4.78, 5) is 0. The van der Waals surface area contributed by atoms with E-state index in [4.69, 9.17) is 17.0 Å². The lowest BCUT2D eigenvalue weighted by Crippen LogP contribution is -2.30. The molecule has 0 bridgehead atoms. The number of thiocarbonyl (C=S) groups is 1. The Bertz CT molecular complexity index is 698. The summed E-state index contributed by atoms with van der Waals surface area (Å²) in [6.07, 6.45) is 0.861. The van der Waals surface area contributed by atoms with Gasteiger partial charge in [0, 0.05) is 12.2 Å². The number of nitrogens with one attached hydrogen (secondary N) is 2. The third-order valence-electron chi connectivity index (χ3n) is 3.76. The fourth-order valence-corrected chi connectivity index (χ4v) is 2.66. The Morgan fingerprint density at radius 3 is 2.48 bits per heavy atom. The topological polar surface area (TPSA) is 33.3 Å². The number of hydrogen-bond donors (Lipinski definition) is 2. The van der Waals surface area contributed by atoms with Crippen molar-refractivity contribution in [2.24, 2.45) is 0 Å². The highest BCUT2D eigenvalue weighted by Crippen LogP contribution is 2.20. The molecule has 0 radical (unpaired) electrons. The van der Waals surface area contributed by atoms with Crippen molar-refractivity contribution >= 4 is 23.0 Å². The molecule has 0 aliphatic carbocycles. The molecule has 0 saturated heterocycles. The van der Waals surface area contributed by atoms with Gasteiger partial charge in [0.2, 0.25) is 0 Å². The molecule has 2 aromatic rings. The summed E-state index contributed by atoms with van der Waals surface area (Å²) in [7, 11) is 1.70. The van der Waals surface area contributed by atoms with E-state index in [2.05, 4.69) is 61.7 Å². The van der Waals surface area contributed by atoms with Crippen molar-refractivity contribution in [1.29, 1.82) is 0 Å². The predicted octanol–water partition coefficient (Wildman–Crippen LogP) is 4.15. The Hall–Kier alpha value is -2.07. The van der Waals surface area contributed by atoms with Crippen LogP contribution in [-0.2, 0) is 6.42 Å². The number of aryl methyl sites for hydroxylation is 3. The van der Waals surface area contributed by atoms with Crippen LogP contribution in [0.5, 0.6) is 5.75 Å². The van der Waals surface area contributed by atoms with Crippen molar-refractivity contribution in [2.45, 2.75) is 27.2 Å². The Kier molecular flexibility index (Phi) is 5.99. The summed E-state index contributed by atoms with van der Waals surface area (Å²) in [6, 6.07) is 12.5. The minimum absolute atomic E-state index is 0.644. The summed E-state index contributed by atoms with van der Waals surface area (Å²) in [5, 5.41) is 7.17. The van der Waals surface area contributed by atoms with Gasteiger partial charge in [0.15, 0.2) is 5.11 Å². The van der Waals surface area contributed by atoms with Crippen molar-refractivity contribution < 1.29 is 4.74 Å². The first kappa shape index (κ1) is 17.3. The van der Waals surface area contributed by atoms with Gasteiger partial charge in [-0.25, -0.2) is 0 Å². The van der Waals surface area contributed by atoms with Crippen LogP contribution in [0.3, 0.4) is 0 Å². The smallest absolute Gasteiger partial charge is 0.170 e. The lowest BCUT2D eigenvalue weighted by Gasteiger charge is -2.14. The van der Waals surface area contributed by atoms with Gasteiger partial charge in [0.05, 0.1) is 7.11 Å². The maximum Gasteiger partial charge on any atom is 0.170 e. The average molecular weight is 328 g/mol. The molecule has 0 heterocycles. The van der Waals surface area contributed by atoms with Gasteiger partial charge in [-0.05, 0) is 68.2 Å². The van der Waals surface area contributed by atoms with Crippen LogP contribution in [0.2, 0.25) is 0 Å². The van der Waals surface area contributed by atoms with E-state index in [0.717, 1.165) is 24.4 Å². The molecule has 0 saturated carbocycles. The minimum atomic E-state index is 0.644. The first-order valence-electron chi connectivity index (χ1n) is 7.75. The van der Waals surface area contributed by atoms with E-state index in [1.807, 2.05) is 6.07 Å². The zero-order chi connectivity index (χ0) is 16.8. The molecule has 23 heavy (non-hydrogen) atoms. The molecule has 3 nitrogen and oxygen atoms in total. The maximum absolute atomic E-state index is 5.41. The highest BCUT2D eigenvalue weighted by molar-refractivity contribution is 7.80. The molecule has 2 aromatic carbocycles. The van der Waals surface area contributed by atoms with Gasteiger partial charge in [0.1, 0.15) is 5.75 Å². The molecule has 2 rings (SSSR count). The molecule has 122 valence electrons. The van der Waals surface area contributed by atoms with Crippen LogP contribution in [0.1, 0.15) is 22.3 Å². The molecular weight excluding hydrogens is 304 g/mol. The summed E-state index contributed by atoms with van der Waals surface area (Å²) < 4.78 is 5.41. The number of benzene rings is 2. The van der Waals surface area contributed by atoms with Crippen LogP contribution < -0.4 is 15.4 Å². The second-order valence-electron chi connectivity index (χ2n) is 5.76. The molecule has 2 N–H and O–H groups in total. The van der Waals surface area contributed by atoms with Crippen molar-refractivity contribution in [2.75, 3.05) is 19.0 Å². The third-order valence-corrected chi connectivity index (χ3v) is 4.00. The molecule has 4 heteroatoms. The van der Waals surface area contributed by atoms with E-state index >= 15 is 0 Å². The number of anilines is 1. The fraction of sp³-hybridized carbons (Fsp3) is 0.316. The van der Waals surface area contributed by atoms with Crippen LogP contribution in [0, 0.1) is 20.8 Å². The Morgan fingerprint density at radius 2 is 1.74 bits per heavy atom. The molecule has 0 amide bonds. The molecule has 0 unspecified atom stereocenters. The average Bonchev–Trinajstić information content (AvgIpc) is 2.51. The molecule has 0 aliphatic rings. The SMILES string of the molecule is COc1ccc(C)cc1CCNC(=S)Nc1cc(C)ccc1C.